The van der Waals surface area contributed by atoms with Crippen LogP contribution in [-0.4, -0.2) is 29.9 Å². The smallest absolute Gasteiger partial charge is 0.325 e. The number of benzene rings is 2. The number of para-hydroxylation sites is 2. The molecule has 29 heavy (non-hydrogen) atoms. The summed E-state index contributed by atoms with van der Waals surface area (Å²) in [6, 6.07) is 14.9. The Morgan fingerprint density at radius 3 is 1.55 bits per heavy atom. The summed E-state index contributed by atoms with van der Waals surface area (Å²) in [6.45, 7) is 0. The molecule has 0 fully saturated rings. The lowest BCUT2D eigenvalue weighted by atomic mass is 10.1. The SMILES string of the molecule is O=c1[nH]c2nc3ccccc3c(Oc3c4ccccc4nc4[nH]c(=O)[nH]c34)c2[nH]1. The van der Waals surface area contributed by atoms with Gasteiger partial charge in [0.2, 0.25) is 0 Å². The molecule has 4 aromatic heterocycles. The molecule has 140 valence electrons. The first-order chi connectivity index (χ1) is 14.2. The summed E-state index contributed by atoms with van der Waals surface area (Å²) in [5, 5.41) is 1.45. The predicted molar refractivity (Wildman–Crippen MR) is 109 cm³/mol. The summed E-state index contributed by atoms with van der Waals surface area (Å²) < 4.78 is 6.40. The van der Waals surface area contributed by atoms with E-state index in [2.05, 4.69) is 29.9 Å². The van der Waals surface area contributed by atoms with Gasteiger partial charge in [-0.1, -0.05) is 24.3 Å². The van der Waals surface area contributed by atoms with Crippen molar-refractivity contribution in [3.8, 4) is 11.5 Å². The highest BCUT2D eigenvalue weighted by Gasteiger charge is 2.19. The van der Waals surface area contributed by atoms with E-state index in [9.17, 15) is 9.59 Å². The Hall–Kier alpha value is -4.40. The molecule has 9 nitrogen and oxygen atoms in total. The zero-order valence-corrected chi connectivity index (χ0v) is 14.7. The van der Waals surface area contributed by atoms with E-state index in [0.717, 1.165) is 10.8 Å². The van der Waals surface area contributed by atoms with Crippen LogP contribution < -0.4 is 16.1 Å². The van der Waals surface area contributed by atoms with Crippen molar-refractivity contribution in [2.45, 2.75) is 0 Å². The Balaban J connectivity index is 1.74. The van der Waals surface area contributed by atoms with E-state index in [-0.39, 0.29) is 11.4 Å². The van der Waals surface area contributed by atoms with Crippen molar-refractivity contribution in [1.82, 2.24) is 29.9 Å². The summed E-state index contributed by atoms with van der Waals surface area (Å²) in [5.41, 5.74) is 2.24. The summed E-state index contributed by atoms with van der Waals surface area (Å²) in [7, 11) is 0. The standard InChI is InChI=1S/C20H12N6O3/c27-19-23-13-15(9-5-1-3-7-11(9)21-17(13)25-19)29-16-10-6-2-4-8-12(10)22-18-14(16)24-20(28)26-18/h1-8H,(H2,21,23,25,27)(H2,22,24,26,28). The number of H-pyrrole nitrogens is 4. The van der Waals surface area contributed by atoms with E-state index < -0.39 is 0 Å². The molecule has 0 spiro atoms. The van der Waals surface area contributed by atoms with E-state index in [1.807, 2.05) is 48.5 Å². The average molecular weight is 384 g/mol. The number of ether oxygens (including phenoxy) is 1. The molecule has 9 heteroatoms. The number of nitrogens with zero attached hydrogens (tertiary/aromatic N) is 2. The van der Waals surface area contributed by atoms with Crippen molar-refractivity contribution >= 4 is 44.1 Å². The van der Waals surface area contributed by atoms with Gasteiger partial charge in [-0.2, -0.15) is 0 Å². The lowest BCUT2D eigenvalue weighted by Crippen LogP contribution is -2.00. The lowest BCUT2D eigenvalue weighted by molar-refractivity contribution is 0.502. The summed E-state index contributed by atoms with van der Waals surface area (Å²) in [5.74, 6) is 0.868. The zero-order valence-electron chi connectivity index (χ0n) is 14.7. The summed E-state index contributed by atoms with van der Waals surface area (Å²) in [6.07, 6.45) is 0. The zero-order chi connectivity index (χ0) is 19.5. The number of hydrogen-bond acceptors (Lipinski definition) is 5. The minimum absolute atomic E-state index is 0.382. The Labute approximate surface area is 160 Å². The molecule has 0 bridgehead atoms. The fraction of sp³-hybridized carbons (Fsp3) is 0. The fourth-order valence-electron chi connectivity index (χ4n) is 3.59. The van der Waals surface area contributed by atoms with Crippen LogP contribution in [0.4, 0.5) is 0 Å². The molecule has 0 aliphatic heterocycles. The second-order valence-corrected chi connectivity index (χ2v) is 6.62. The van der Waals surface area contributed by atoms with E-state index in [1.165, 1.54) is 0 Å². The summed E-state index contributed by atoms with van der Waals surface area (Å²) >= 11 is 0. The minimum atomic E-state index is -0.382. The highest BCUT2D eigenvalue weighted by atomic mass is 16.5. The minimum Gasteiger partial charge on any atom is -0.451 e. The third-order valence-electron chi connectivity index (χ3n) is 4.83. The van der Waals surface area contributed by atoms with Crippen LogP contribution in [0.1, 0.15) is 0 Å². The number of aromatic amines is 4. The molecular formula is C20H12N6O3. The molecule has 0 unspecified atom stereocenters. The predicted octanol–water partition coefficient (Wildman–Crippen LogP) is 2.91. The van der Waals surface area contributed by atoms with Crippen molar-refractivity contribution in [1.29, 1.82) is 0 Å². The van der Waals surface area contributed by atoms with E-state index >= 15 is 0 Å². The molecule has 4 N–H and O–H groups in total. The molecule has 2 aromatic carbocycles. The first-order valence-corrected chi connectivity index (χ1v) is 8.87. The van der Waals surface area contributed by atoms with Crippen molar-refractivity contribution in [2.75, 3.05) is 0 Å². The third kappa shape index (κ3) is 2.27. The van der Waals surface area contributed by atoms with Gasteiger partial charge in [0.15, 0.2) is 22.8 Å². The number of rotatable bonds is 2. The van der Waals surface area contributed by atoms with Gasteiger partial charge in [0.25, 0.3) is 0 Å². The number of fused-ring (bicyclic) bond motifs is 4. The Morgan fingerprint density at radius 1 is 0.621 bits per heavy atom. The Kier molecular flexibility index (Phi) is 2.99. The van der Waals surface area contributed by atoms with Crippen LogP contribution in [0.25, 0.3) is 44.1 Å². The highest BCUT2D eigenvalue weighted by molar-refractivity contribution is 6.01. The number of aromatic nitrogens is 6. The Bertz CT molecular complexity index is 1560. The van der Waals surface area contributed by atoms with Crippen LogP contribution in [0.2, 0.25) is 0 Å². The van der Waals surface area contributed by atoms with E-state index in [1.54, 1.807) is 0 Å². The molecule has 0 saturated heterocycles. The third-order valence-corrected chi connectivity index (χ3v) is 4.83. The maximum atomic E-state index is 11.9. The number of nitrogens with one attached hydrogen (secondary N) is 4. The molecule has 0 amide bonds. The van der Waals surface area contributed by atoms with Gasteiger partial charge in [-0.15, -0.1) is 0 Å². The topological polar surface area (TPSA) is 132 Å². The Morgan fingerprint density at radius 2 is 1.07 bits per heavy atom. The first-order valence-electron chi connectivity index (χ1n) is 8.87. The lowest BCUT2D eigenvalue weighted by Gasteiger charge is -2.12. The highest BCUT2D eigenvalue weighted by Crippen LogP contribution is 2.39. The quantitative estimate of drug-likeness (QED) is 0.364. The molecule has 6 aromatic rings. The van der Waals surface area contributed by atoms with Crippen LogP contribution in [0.3, 0.4) is 0 Å². The number of imidazole rings is 2. The van der Waals surface area contributed by atoms with Gasteiger partial charge < -0.3 is 14.7 Å². The van der Waals surface area contributed by atoms with Gasteiger partial charge in [0.05, 0.1) is 11.0 Å². The molecule has 0 aliphatic rings. The number of pyridine rings is 2. The van der Waals surface area contributed by atoms with Gasteiger partial charge in [-0.3, -0.25) is 9.97 Å². The molecular weight excluding hydrogens is 372 g/mol. The first kappa shape index (κ1) is 15.6. The maximum absolute atomic E-state index is 11.9. The molecule has 0 radical (unpaired) electrons. The van der Waals surface area contributed by atoms with Crippen LogP contribution in [-0.2, 0) is 0 Å². The van der Waals surface area contributed by atoms with E-state index in [0.29, 0.717) is 44.9 Å². The fourth-order valence-corrected chi connectivity index (χ4v) is 3.59. The van der Waals surface area contributed by atoms with Gasteiger partial charge >= 0.3 is 11.4 Å². The molecule has 0 saturated carbocycles. The molecule has 4 heterocycles. The van der Waals surface area contributed by atoms with Crippen molar-refractivity contribution in [3.05, 3.63) is 69.5 Å². The van der Waals surface area contributed by atoms with Crippen molar-refractivity contribution in [2.24, 2.45) is 0 Å². The van der Waals surface area contributed by atoms with Crippen LogP contribution in [0.15, 0.2) is 58.1 Å². The monoisotopic (exact) mass is 384 g/mol. The number of hydrogen-bond donors (Lipinski definition) is 4. The van der Waals surface area contributed by atoms with Gasteiger partial charge in [0.1, 0.15) is 11.0 Å². The summed E-state index contributed by atoms with van der Waals surface area (Å²) in [4.78, 5) is 43.7. The van der Waals surface area contributed by atoms with Gasteiger partial charge in [0, 0.05) is 10.8 Å². The van der Waals surface area contributed by atoms with Crippen LogP contribution in [0, 0.1) is 0 Å². The van der Waals surface area contributed by atoms with Crippen molar-refractivity contribution in [3.63, 3.8) is 0 Å². The molecule has 0 aliphatic carbocycles. The normalized spacial score (nSPS) is 11.7. The average Bonchev–Trinajstić information content (AvgIpc) is 3.28. The second kappa shape index (κ2) is 5.55. The van der Waals surface area contributed by atoms with Crippen LogP contribution in [0.5, 0.6) is 11.5 Å². The second-order valence-electron chi connectivity index (χ2n) is 6.62. The van der Waals surface area contributed by atoms with Crippen LogP contribution >= 0.6 is 0 Å². The largest absolute Gasteiger partial charge is 0.451 e. The van der Waals surface area contributed by atoms with Gasteiger partial charge in [-0.05, 0) is 24.3 Å². The molecule has 0 atom stereocenters. The molecule has 6 rings (SSSR count). The van der Waals surface area contributed by atoms with Crippen molar-refractivity contribution < 1.29 is 4.74 Å². The van der Waals surface area contributed by atoms with E-state index in [4.69, 9.17) is 4.74 Å². The maximum Gasteiger partial charge on any atom is 0.325 e. The van der Waals surface area contributed by atoms with Gasteiger partial charge in [-0.25, -0.2) is 19.6 Å².